The second-order valence-electron chi connectivity index (χ2n) is 5.21. The topological polar surface area (TPSA) is 54.0 Å². The number of nitrogens with zero attached hydrogens (tertiary/aromatic N) is 1. The summed E-state index contributed by atoms with van der Waals surface area (Å²) in [6.45, 7) is 0. The van der Waals surface area contributed by atoms with Crippen LogP contribution < -0.4 is 10.6 Å². The summed E-state index contributed by atoms with van der Waals surface area (Å²) in [5.41, 5.74) is 0.580. The van der Waals surface area contributed by atoms with Gasteiger partial charge in [0.15, 0.2) is 17.5 Å². The number of amides is 1. The van der Waals surface area contributed by atoms with Gasteiger partial charge in [-0.2, -0.15) is 0 Å². The molecule has 2 aromatic carbocycles. The molecule has 0 fully saturated rings. The lowest BCUT2D eigenvalue weighted by Gasteiger charge is -2.09. The van der Waals surface area contributed by atoms with Gasteiger partial charge in [-0.3, -0.25) is 4.79 Å². The maximum atomic E-state index is 13.7. The molecular weight excluding hydrogens is 367 g/mol. The summed E-state index contributed by atoms with van der Waals surface area (Å²) in [6.07, 6.45) is 1.27. The number of benzene rings is 2. The van der Waals surface area contributed by atoms with Gasteiger partial charge in [0, 0.05) is 0 Å². The monoisotopic (exact) mass is 377 g/mol. The summed E-state index contributed by atoms with van der Waals surface area (Å²) in [7, 11) is 0. The molecule has 1 amide bonds. The summed E-state index contributed by atoms with van der Waals surface area (Å²) < 4.78 is 39.8. The number of rotatable bonds is 4. The Balaban J connectivity index is 1.73. The molecule has 0 unspecified atom stereocenters. The highest BCUT2D eigenvalue weighted by Gasteiger charge is 2.14. The van der Waals surface area contributed by atoms with E-state index in [9.17, 15) is 18.0 Å². The first-order valence-corrected chi connectivity index (χ1v) is 7.76. The Morgan fingerprint density at radius 2 is 1.69 bits per heavy atom. The number of hydrogen-bond donors (Lipinski definition) is 2. The lowest BCUT2D eigenvalue weighted by Crippen LogP contribution is -2.13. The fourth-order valence-electron chi connectivity index (χ4n) is 2.13. The van der Waals surface area contributed by atoms with E-state index in [1.807, 2.05) is 0 Å². The molecule has 3 aromatic rings. The van der Waals surface area contributed by atoms with Crippen molar-refractivity contribution >= 4 is 34.6 Å². The van der Waals surface area contributed by atoms with Gasteiger partial charge in [0.05, 0.1) is 28.3 Å². The van der Waals surface area contributed by atoms with E-state index in [1.54, 1.807) is 24.3 Å². The van der Waals surface area contributed by atoms with Gasteiger partial charge in [-0.05, 0) is 36.4 Å². The Kier molecular flexibility index (Phi) is 5.09. The van der Waals surface area contributed by atoms with Crippen molar-refractivity contribution in [1.82, 2.24) is 4.98 Å². The number of carbonyl (C=O) groups is 1. The lowest BCUT2D eigenvalue weighted by molar-refractivity contribution is 0.102. The zero-order valence-corrected chi connectivity index (χ0v) is 13.8. The molecule has 26 heavy (non-hydrogen) atoms. The van der Waals surface area contributed by atoms with Crippen LogP contribution >= 0.6 is 11.6 Å². The second kappa shape index (κ2) is 7.45. The molecule has 8 heteroatoms. The third-order valence-electron chi connectivity index (χ3n) is 3.43. The molecule has 0 atom stereocenters. The number of anilines is 3. The average molecular weight is 378 g/mol. The number of nitrogens with one attached hydrogen (secondary N) is 2. The predicted octanol–water partition coefficient (Wildman–Crippen LogP) is 5.15. The number of halogens is 4. The third kappa shape index (κ3) is 3.78. The third-order valence-corrected chi connectivity index (χ3v) is 3.76. The minimum Gasteiger partial charge on any atom is -0.352 e. The Hall–Kier alpha value is -3.06. The Morgan fingerprint density at radius 1 is 0.923 bits per heavy atom. The Bertz CT molecular complexity index is 964. The van der Waals surface area contributed by atoms with Gasteiger partial charge in [-0.25, -0.2) is 18.2 Å². The first-order valence-electron chi connectivity index (χ1n) is 7.38. The largest absolute Gasteiger partial charge is 0.352 e. The fourth-order valence-corrected chi connectivity index (χ4v) is 2.31. The summed E-state index contributed by atoms with van der Waals surface area (Å²) in [5.74, 6) is -4.68. The zero-order valence-electron chi connectivity index (χ0n) is 13.1. The highest BCUT2D eigenvalue weighted by molar-refractivity contribution is 6.33. The molecule has 3 rings (SSSR count). The van der Waals surface area contributed by atoms with Gasteiger partial charge < -0.3 is 10.6 Å². The van der Waals surface area contributed by atoms with Crippen LogP contribution in [0.5, 0.6) is 0 Å². The van der Waals surface area contributed by atoms with Gasteiger partial charge in [0.1, 0.15) is 5.69 Å². The lowest BCUT2D eigenvalue weighted by atomic mass is 10.2. The number of aromatic nitrogens is 1. The van der Waals surface area contributed by atoms with Crippen molar-refractivity contribution in [3.8, 4) is 0 Å². The van der Waals surface area contributed by atoms with Crippen molar-refractivity contribution in [3.05, 3.63) is 82.9 Å². The molecular formula is C18H11ClF3N3O. The van der Waals surface area contributed by atoms with Crippen LogP contribution in [0.3, 0.4) is 0 Å². The number of hydrogen-bond acceptors (Lipinski definition) is 3. The summed E-state index contributed by atoms with van der Waals surface area (Å²) in [5, 5.41) is 5.56. The van der Waals surface area contributed by atoms with E-state index in [4.69, 9.17) is 11.6 Å². The van der Waals surface area contributed by atoms with Crippen LogP contribution in [0.25, 0.3) is 0 Å². The van der Waals surface area contributed by atoms with E-state index in [-0.39, 0.29) is 11.4 Å². The van der Waals surface area contributed by atoms with Crippen LogP contribution in [-0.2, 0) is 0 Å². The number of carbonyl (C=O) groups excluding carboxylic acids is 1. The maximum Gasteiger partial charge on any atom is 0.274 e. The first-order chi connectivity index (χ1) is 12.5. The first kappa shape index (κ1) is 17.8. The van der Waals surface area contributed by atoms with E-state index >= 15 is 0 Å². The van der Waals surface area contributed by atoms with Crippen molar-refractivity contribution in [2.24, 2.45) is 0 Å². The van der Waals surface area contributed by atoms with Gasteiger partial charge in [-0.15, -0.1) is 0 Å². The number of para-hydroxylation sites is 1. The molecule has 132 valence electrons. The van der Waals surface area contributed by atoms with E-state index in [2.05, 4.69) is 15.6 Å². The fraction of sp³-hybridized carbons (Fsp3) is 0. The molecule has 0 spiro atoms. The Labute approximate surface area is 151 Å². The summed E-state index contributed by atoms with van der Waals surface area (Å²) in [4.78, 5) is 16.1. The van der Waals surface area contributed by atoms with Gasteiger partial charge in [0.25, 0.3) is 5.91 Å². The minimum atomic E-state index is -1.57. The van der Waals surface area contributed by atoms with E-state index < -0.39 is 23.4 Å². The molecule has 0 radical (unpaired) electrons. The zero-order chi connectivity index (χ0) is 18.7. The molecule has 0 aliphatic carbocycles. The molecule has 2 N–H and O–H groups in total. The van der Waals surface area contributed by atoms with E-state index in [0.29, 0.717) is 16.4 Å². The average Bonchev–Trinajstić information content (AvgIpc) is 2.64. The van der Waals surface area contributed by atoms with Crippen LogP contribution in [0.15, 0.2) is 54.7 Å². The minimum absolute atomic E-state index is 0.0984. The van der Waals surface area contributed by atoms with Crippen LogP contribution in [0.1, 0.15) is 10.5 Å². The van der Waals surface area contributed by atoms with Crippen molar-refractivity contribution in [2.75, 3.05) is 10.6 Å². The molecule has 0 saturated heterocycles. The summed E-state index contributed by atoms with van der Waals surface area (Å²) in [6, 6.07) is 11.4. The maximum absolute atomic E-state index is 13.7. The predicted molar refractivity (Wildman–Crippen MR) is 93.2 cm³/mol. The van der Waals surface area contributed by atoms with Gasteiger partial charge >= 0.3 is 0 Å². The molecule has 1 heterocycles. The quantitative estimate of drug-likeness (QED) is 0.618. The van der Waals surface area contributed by atoms with Crippen molar-refractivity contribution in [3.63, 3.8) is 0 Å². The Morgan fingerprint density at radius 3 is 2.38 bits per heavy atom. The SMILES string of the molecule is O=C(Nc1ccccc1Cl)c1ccc(Nc2ccc(F)c(F)c2F)cn1. The molecule has 4 nitrogen and oxygen atoms in total. The second-order valence-corrected chi connectivity index (χ2v) is 5.62. The van der Waals surface area contributed by atoms with Gasteiger partial charge in [0.2, 0.25) is 0 Å². The van der Waals surface area contributed by atoms with Crippen LogP contribution in [0.2, 0.25) is 5.02 Å². The van der Waals surface area contributed by atoms with Crippen LogP contribution in [0.4, 0.5) is 30.2 Å². The molecule has 1 aromatic heterocycles. The summed E-state index contributed by atoms with van der Waals surface area (Å²) >= 11 is 5.97. The molecule has 0 aliphatic rings. The van der Waals surface area contributed by atoms with Crippen molar-refractivity contribution < 1.29 is 18.0 Å². The highest BCUT2D eigenvalue weighted by Crippen LogP contribution is 2.24. The standard InChI is InChI=1S/C18H11ClF3N3O/c19-11-3-1-2-4-13(11)25-18(26)15-7-5-10(9-23-15)24-14-8-6-12(20)16(21)17(14)22/h1-9,24H,(H,25,26). The number of pyridine rings is 1. The smallest absolute Gasteiger partial charge is 0.274 e. The molecule has 0 bridgehead atoms. The molecule has 0 saturated carbocycles. The van der Waals surface area contributed by atoms with E-state index in [1.165, 1.54) is 18.3 Å². The van der Waals surface area contributed by atoms with Gasteiger partial charge in [-0.1, -0.05) is 23.7 Å². The highest BCUT2D eigenvalue weighted by atomic mass is 35.5. The van der Waals surface area contributed by atoms with Crippen LogP contribution in [-0.4, -0.2) is 10.9 Å². The van der Waals surface area contributed by atoms with Crippen LogP contribution in [0, 0.1) is 17.5 Å². The molecule has 0 aliphatic heterocycles. The van der Waals surface area contributed by atoms with E-state index in [0.717, 1.165) is 12.1 Å². The van der Waals surface area contributed by atoms with Crippen molar-refractivity contribution in [1.29, 1.82) is 0 Å². The van der Waals surface area contributed by atoms with Crippen molar-refractivity contribution in [2.45, 2.75) is 0 Å². The normalized spacial score (nSPS) is 10.5.